The molecule has 0 saturated carbocycles. The standard InChI is InChI=1S/C11H19N3O/c1-9(2)13-6-11-5-12-8-14(11)10-3-4-15-7-10/h5,8-10,13H,3-4,6-7H2,1-2H3. The Kier molecular flexibility index (Phi) is 3.38. The minimum atomic E-state index is 0.483. The van der Waals surface area contributed by atoms with Crippen LogP contribution in [-0.4, -0.2) is 28.8 Å². The molecule has 2 heterocycles. The molecule has 1 aliphatic heterocycles. The lowest BCUT2D eigenvalue weighted by Gasteiger charge is -2.15. The van der Waals surface area contributed by atoms with Crippen molar-refractivity contribution in [2.24, 2.45) is 0 Å². The third-order valence-corrected chi connectivity index (χ3v) is 2.74. The molecule has 0 radical (unpaired) electrons. The molecule has 1 unspecified atom stereocenters. The Morgan fingerprint density at radius 1 is 1.67 bits per heavy atom. The van der Waals surface area contributed by atoms with E-state index in [1.165, 1.54) is 5.69 Å². The quantitative estimate of drug-likeness (QED) is 0.813. The Morgan fingerprint density at radius 3 is 3.20 bits per heavy atom. The number of aromatic nitrogens is 2. The summed E-state index contributed by atoms with van der Waals surface area (Å²) >= 11 is 0. The van der Waals surface area contributed by atoms with Gasteiger partial charge >= 0.3 is 0 Å². The maximum atomic E-state index is 5.39. The van der Waals surface area contributed by atoms with Crippen LogP contribution in [0.5, 0.6) is 0 Å². The lowest BCUT2D eigenvalue weighted by Crippen LogP contribution is -2.24. The van der Waals surface area contributed by atoms with Gasteiger partial charge in [0, 0.05) is 25.4 Å². The van der Waals surface area contributed by atoms with Crippen molar-refractivity contribution in [3.63, 3.8) is 0 Å². The van der Waals surface area contributed by atoms with Gasteiger partial charge in [0.1, 0.15) is 0 Å². The molecule has 1 saturated heterocycles. The molecule has 84 valence electrons. The van der Waals surface area contributed by atoms with E-state index < -0.39 is 0 Å². The highest BCUT2D eigenvalue weighted by Crippen LogP contribution is 2.20. The van der Waals surface area contributed by atoms with Crippen LogP contribution >= 0.6 is 0 Å². The molecule has 1 aromatic heterocycles. The van der Waals surface area contributed by atoms with Crippen LogP contribution < -0.4 is 5.32 Å². The van der Waals surface area contributed by atoms with E-state index in [0.29, 0.717) is 12.1 Å². The molecule has 0 amide bonds. The van der Waals surface area contributed by atoms with Crippen molar-refractivity contribution in [2.75, 3.05) is 13.2 Å². The van der Waals surface area contributed by atoms with Gasteiger partial charge in [0.25, 0.3) is 0 Å². The van der Waals surface area contributed by atoms with E-state index in [1.54, 1.807) is 0 Å². The van der Waals surface area contributed by atoms with Crippen molar-refractivity contribution in [3.8, 4) is 0 Å². The summed E-state index contributed by atoms with van der Waals surface area (Å²) in [5.41, 5.74) is 1.25. The highest BCUT2D eigenvalue weighted by molar-refractivity contribution is 5.01. The fraction of sp³-hybridized carbons (Fsp3) is 0.727. The smallest absolute Gasteiger partial charge is 0.0952 e. The number of rotatable bonds is 4. The molecule has 1 fully saturated rings. The maximum Gasteiger partial charge on any atom is 0.0952 e. The first-order chi connectivity index (χ1) is 7.27. The van der Waals surface area contributed by atoms with Gasteiger partial charge in [0.15, 0.2) is 0 Å². The van der Waals surface area contributed by atoms with Gasteiger partial charge in [-0.15, -0.1) is 0 Å². The predicted molar refractivity (Wildman–Crippen MR) is 58.7 cm³/mol. The largest absolute Gasteiger partial charge is 0.379 e. The average Bonchev–Trinajstić information content (AvgIpc) is 2.85. The summed E-state index contributed by atoms with van der Waals surface area (Å²) in [6.07, 6.45) is 4.95. The Labute approximate surface area is 90.6 Å². The highest BCUT2D eigenvalue weighted by Gasteiger charge is 2.19. The minimum absolute atomic E-state index is 0.483. The predicted octanol–water partition coefficient (Wildman–Crippen LogP) is 1.34. The first kappa shape index (κ1) is 10.6. The molecule has 1 atom stereocenters. The van der Waals surface area contributed by atoms with E-state index >= 15 is 0 Å². The fourth-order valence-corrected chi connectivity index (χ4v) is 1.85. The lowest BCUT2D eigenvalue weighted by molar-refractivity contribution is 0.186. The van der Waals surface area contributed by atoms with Crippen molar-refractivity contribution >= 4 is 0 Å². The van der Waals surface area contributed by atoms with Gasteiger partial charge in [0.2, 0.25) is 0 Å². The van der Waals surface area contributed by atoms with Crippen molar-refractivity contribution in [3.05, 3.63) is 18.2 Å². The normalized spacial score (nSPS) is 21.4. The number of imidazole rings is 1. The summed E-state index contributed by atoms with van der Waals surface area (Å²) in [6, 6.07) is 0.990. The first-order valence-corrected chi connectivity index (χ1v) is 5.59. The zero-order valence-corrected chi connectivity index (χ0v) is 9.44. The minimum Gasteiger partial charge on any atom is -0.379 e. The molecule has 0 spiro atoms. The lowest BCUT2D eigenvalue weighted by atomic mass is 10.2. The Balaban J connectivity index is 2.01. The molecule has 0 bridgehead atoms. The van der Waals surface area contributed by atoms with Crippen molar-refractivity contribution in [1.29, 1.82) is 0 Å². The Morgan fingerprint density at radius 2 is 2.53 bits per heavy atom. The number of nitrogens with one attached hydrogen (secondary N) is 1. The zero-order valence-electron chi connectivity index (χ0n) is 9.44. The second-order valence-electron chi connectivity index (χ2n) is 4.35. The van der Waals surface area contributed by atoms with Gasteiger partial charge in [-0.05, 0) is 6.42 Å². The van der Waals surface area contributed by atoms with Crippen LogP contribution in [0.3, 0.4) is 0 Å². The van der Waals surface area contributed by atoms with E-state index in [1.807, 2.05) is 12.5 Å². The third kappa shape index (κ3) is 2.58. The molecule has 15 heavy (non-hydrogen) atoms. The van der Waals surface area contributed by atoms with Gasteiger partial charge < -0.3 is 14.6 Å². The average molecular weight is 209 g/mol. The molecule has 1 aromatic rings. The molecule has 1 aliphatic rings. The Bertz CT molecular complexity index is 303. The molecule has 0 aromatic carbocycles. The van der Waals surface area contributed by atoms with Crippen molar-refractivity contribution < 1.29 is 4.74 Å². The molecule has 0 aliphatic carbocycles. The zero-order chi connectivity index (χ0) is 10.7. The van der Waals surface area contributed by atoms with Crippen LogP contribution in [-0.2, 0) is 11.3 Å². The van der Waals surface area contributed by atoms with Crippen LogP contribution in [0, 0.1) is 0 Å². The van der Waals surface area contributed by atoms with E-state index in [-0.39, 0.29) is 0 Å². The molecule has 4 nitrogen and oxygen atoms in total. The van der Waals surface area contributed by atoms with Gasteiger partial charge in [-0.25, -0.2) is 4.98 Å². The third-order valence-electron chi connectivity index (χ3n) is 2.74. The van der Waals surface area contributed by atoms with Crippen LogP contribution in [0.1, 0.15) is 32.0 Å². The van der Waals surface area contributed by atoms with E-state index in [2.05, 4.69) is 28.7 Å². The summed E-state index contributed by atoms with van der Waals surface area (Å²) in [7, 11) is 0. The van der Waals surface area contributed by atoms with Gasteiger partial charge in [-0.3, -0.25) is 0 Å². The summed E-state index contributed by atoms with van der Waals surface area (Å²) in [6.45, 7) is 6.89. The molecular weight excluding hydrogens is 190 g/mol. The second-order valence-corrected chi connectivity index (χ2v) is 4.35. The molecule has 1 N–H and O–H groups in total. The van der Waals surface area contributed by atoms with Gasteiger partial charge in [-0.2, -0.15) is 0 Å². The van der Waals surface area contributed by atoms with Gasteiger partial charge in [0.05, 0.1) is 24.7 Å². The number of hydrogen-bond acceptors (Lipinski definition) is 3. The summed E-state index contributed by atoms with van der Waals surface area (Å²) in [4.78, 5) is 4.21. The fourth-order valence-electron chi connectivity index (χ4n) is 1.85. The monoisotopic (exact) mass is 209 g/mol. The molecule has 4 heteroatoms. The Hall–Kier alpha value is -0.870. The van der Waals surface area contributed by atoms with Crippen LogP contribution in [0.2, 0.25) is 0 Å². The number of ether oxygens (including phenoxy) is 1. The number of nitrogens with zero attached hydrogens (tertiary/aromatic N) is 2. The second kappa shape index (κ2) is 4.77. The maximum absolute atomic E-state index is 5.39. The highest BCUT2D eigenvalue weighted by atomic mass is 16.5. The van der Waals surface area contributed by atoms with Crippen LogP contribution in [0.15, 0.2) is 12.5 Å². The van der Waals surface area contributed by atoms with E-state index in [9.17, 15) is 0 Å². The van der Waals surface area contributed by atoms with Gasteiger partial charge in [-0.1, -0.05) is 13.8 Å². The summed E-state index contributed by atoms with van der Waals surface area (Å²) in [5, 5.41) is 3.41. The SMILES string of the molecule is CC(C)NCc1cncn1C1CCOC1. The molecule has 2 rings (SSSR count). The summed E-state index contributed by atoms with van der Waals surface area (Å²) in [5.74, 6) is 0. The van der Waals surface area contributed by atoms with E-state index in [4.69, 9.17) is 4.74 Å². The summed E-state index contributed by atoms with van der Waals surface area (Å²) < 4.78 is 7.63. The number of hydrogen-bond donors (Lipinski definition) is 1. The topological polar surface area (TPSA) is 39.1 Å². The van der Waals surface area contributed by atoms with Crippen LogP contribution in [0.25, 0.3) is 0 Å². The van der Waals surface area contributed by atoms with Crippen LogP contribution in [0.4, 0.5) is 0 Å². The molecular formula is C11H19N3O. The van der Waals surface area contributed by atoms with Crippen molar-refractivity contribution in [2.45, 2.75) is 38.9 Å². The van der Waals surface area contributed by atoms with E-state index in [0.717, 1.165) is 26.2 Å². The first-order valence-electron chi connectivity index (χ1n) is 5.59. The van der Waals surface area contributed by atoms with Crippen molar-refractivity contribution in [1.82, 2.24) is 14.9 Å².